The van der Waals surface area contributed by atoms with Crippen LogP contribution in [0.25, 0.3) is 0 Å². The van der Waals surface area contributed by atoms with E-state index in [1.165, 1.54) is 0 Å². The molecule has 0 aromatic heterocycles. The van der Waals surface area contributed by atoms with Gasteiger partial charge in [0.1, 0.15) is 5.75 Å². The van der Waals surface area contributed by atoms with Crippen molar-refractivity contribution in [2.24, 2.45) is 0 Å². The molecule has 3 nitrogen and oxygen atoms in total. The maximum atomic E-state index is 5.11. The molecule has 0 bridgehead atoms. The summed E-state index contributed by atoms with van der Waals surface area (Å²) in [6, 6.07) is 5.80. The number of nitrogens with one attached hydrogen (secondary N) is 2. The van der Waals surface area contributed by atoms with E-state index < -0.39 is 0 Å². The lowest BCUT2D eigenvalue weighted by atomic mass is 10.2. The largest absolute Gasteiger partial charge is 0.497 e. The zero-order valence-electron chi connectivity index (χ0n) is 8.55. The molecule has 0 radical (unpaired) electrons. The van der Waals surface area contributed by atoms with Gasteiger partial charge in [-0.2, -0.15) is 0 Å². The van der Waals surface area contributed by atoms with E-state index in [2.05, 4.69) is 10.6 Å². The molecular formula is C10H14N2OS. The van der Waals surface area contributed by atoms with Gasteiger partial charge in [-0.3, -0.25) is 0 Å². The summed E-state index contributed by atoms with van der Waals surface area (Å²) in [6.07, 6.45) is 0. The van der Waals surface area contributed by atoms with Crippen LogP contribution in [0, 0.1) is 6.92 Å². The first-order valence-electron chi connectivity index (χ1n) is 4.30. The van der Waals surface area contributed by atoms with Crippen LogP contribution in [0.1, 0.15) is 5.56 Å². The predicted octanol–water partition coefficient (Wildman–Crippen LogP) is 1.92. The standard InChI is InChI=1S/C10H14N2OS/c1-7-6-8(13-3)4-5-9(7)12-10(14)11-2/h4-6H,1-3H3,(H2,11,12,14). The normalized spacial score (nSPS) is 9.36. The van der Waals surface area contributed by atoms with Gasteiger partial charge in [0.25, 0.3) is 0 Å². The van der Waals surface area contributed by atoms with Crippen molar-refractivity contribution in [3.63, 3.8) is 0 Å². The van der Waals surface area contributed by atoms with E-state index in [0.29, 0.717) is 5.11 Å². The van der Waals surface area contributed by atoms with E-state index in [1.807, 2.05) is 25.1 Å². The Kier molecular flexibility index (Phi) is 3.71. The van der Waals surface area contributed by atoms with Gasteiger partial charge in [-0.05, 0) is 42.9 Å². The monoisotopic (exact) mass is 210 g/mol. The second kappa shape index (κ2) is 4.81. The number of rotatable bonds is 2. The number of hydrogen-bond acceptors (Lipinski definition) is 2. The first-order valence-corrected chi connectivity index (χ1v) is 4.71. The number of aryl methyl sites for hydroxylation is 1. The summed E-state index contributed by atoms with van der Waals surface area (Å²) in [6.45, 7) is 2.00. The Labute approximate surface area is 89.5 Å². The molecule has 0 heterocycles. The Bertz CT molecular complexity index is 339. The van der Waals surface area contributed by atoms with Crippen LogP contribution in [0.15, 0.2) is 18.2 Å². The van der Waals surface area contributed by atoms with Crippen LogP contribution in [-0.4, -0.2) is 19.3 Å². The fourth-order valence-corrected chi connectivity index (χ4v) is 1.20. The molecule has 0 aliphatic rings. The quantitative estimate of drug-likeness (QED) is 0.731. The molecule has 4 heteroatoms. The Hall–Kier alpha value is -1.29. The summed E-state index contributed by atoms with van der Waals surface area (Å²) in [5, 5.41) is 6.54. The molecule has 0 amide bonds. The SMILES string of the molecule is CNC(=S)Nc1ccc(OC)cc1C. The number of hydrogen-bond donors (Lipinski definition) is 2. The highest BCUT2D eigenvalue weighted by Crippen LogP contribution is 2.20. The minimum atomic E-state index is 0.610. The van der Waals surface area contributed by atoms with Crippen LogP contribution in [0.3, 0.4) is 0 Å². The fraction of sp³-hybridized carbons (Fsp3) is 0.300. The Morgan fingerprint density at radius 1 is 1.43 bits per heavy atom. The summed E-state index contributed by atoms with van der Waals surface area (Å²) in [5.74, 6) is 0.850. The maximum absolute atomic E-state index is 5.11. The van der Waals surface area contributed by atoms with Gasteiger partial charge >= 0.3 is 0 Å². The van der Waals surface area contributed by atoms with Crippen molar-refractivity contribution in [2.45, 2.75) is 6.92 Å². The van der Waals surface area contributed by atoms with Gasteiger partial charge in [-0.1, -0.05) is 0 Å². The molecule has 0 saturated heterocycles. The summed E-state index contributed by atoms with van der Waals surface area (Å²) in [7, 11) is 3.44. The average Bonchev–Trinajstić information content (AvgIpc) is 2.20. The molecule has 76 valence electrons. The van der Waals surface area contributed by atoms with Gasteiger partial charge in [0, 0.05) is 12.7 Å². The van der Waals surface area contributed by atoms with E-state index in [4.69, 9.17) is 17.0 Å². The number of benzene rings is 1. The van der Waals surface area contributed by atoms with Crippen LogP contribution in [-0.2, 0) is 0 Å². The number of thiocarbonyl (C=S) groups is 1. The van der Waals surface area contributed by atoms with Gasteiger partial charge in [0.15, 0.2) is 5.11 Å². The molecule has 0 fully saturated rings. The van der Waals surface area contributed by atoms with E-state index >= 15 is 0 Å². The minimum absolute atomic E-state index is 0.610. The highest BCUT2D eigenvalue weighted by molar-refractivity contribution is 7.80. The lowest BCUT2D eigenvalue weighted by Crippen LogP contribution is -2.24. The van der Waals surface area contributed by atoms with E-state index in [1.54, 1.807) is 14.2 Å². The highest BCUT2D eigenvalue weighted by Gasteiger charge is 2.00. The zero-order chi connectivity index (χ0) is 10.6. The Morgan fingerprint density at radius 2 is 2.14 bits per heavy atom. The molecule has 2 N–H and O–H groups in total. The Balaban J connectivity index is 2.83. The van der Waals surface area contributed by atoms with Crippen molar-refractivity contribution in [1.82, 2.24) is 5.32 Å². The molecular weight excluding hydrogens is 196 g/mol. The van der Waals surface area contributed by atoms with Crippen molar-refractivity contribution < 1.29 is 4.74 Å². The second-order valence-corrected chi connectivity index (χ2v) is 3.29. The van der Waals surface area contributed by atoms with Crippen molar-refractivity contribution in [3.05, 3.63) is 23.8 Å². The van der Waals surface area contributed by atoms with Crippen LogP contribution in [0.2, 0.25) is 0 Å². The van der Waals surface area contributed by atoms with Crippen LogP contribution in [0.5, 0.6) is 5.75 Å². The lowest BCUT2D eigenvalue weighted by molar-refractivity contribution is 0.414. The molecule has 0 aliphatic carbocycles. The van der Waals surface area contributed by atoms with Gasteiger partial charge < -0.3 is 15.4 Å². The third-order valence-corrected chi connectivity index (χ3v) is 2.22. The summed E-state index contributed by atoms with van der Waals surface area (Å²) < 4.78 is 5.11. The van der Waals surface area contributed by atoms with E-state index in [0.717, 1.165) is 17.0 Å². The first-order chi connectivity index (χ1) is 6.67. The van der Waals surface area contributed by atoms with Gasteiger partial charge in [-0.15, -0.1) is 0 Å². The van der Waals surface area contributed by atoms with Gasteiger partial charge in [-0.25, -0.2) is 0 Å². The summed E-state index contributed by atoms with van der Waals surface area (Å²) in [5.41, 5.74) is 2.09. The third kappa shape index (κ3) is 2.60. The molecule has 0 aliphatic heterocycles. The van der Waals surface area contributed by atoms with Crippen molar-refractivity contribution in [3.8, 4) is 5.75 Å². The fourth-order valence-electron chi connectivity index (χ4n) is 1.09. The van der Waals surface area contributed by atoms with Crippen molar-refractivity contribution >= 4 is 23.0 Å². The summed E-state index contributed by atoms with van der Waals surface area (Å²) in [4.78, 5) is 0. The van der Waals surface area contributed by atoms with Gasteiger partial charge in [0.2, 0.25) is 0 Å². The molecule has 0 saturated carbocycles. The molecule has 1 aromatic rings. The van der Waals surface area contributed by atoms with E-state index in [-0.39, 0.29) is 0 Å². The van der Waals surface area contributed by atoms with Crippen LogP contribution in [0.4, 0.5) is 5.69 Å². The molecule has 0 spiro atoms. The summed E-state index contributed by atoms with van der Waals surface area (Å²) >= 11 is 5.00. The van der Waals surface area contributed by atoms with E-state index in [9.17, 15) is 0 Å². The molecule has 1 rings (SSSR count). The molecule has 14 heavy (non-hydrogen) atoms. The molecule has 1 aromatic carbocycles. The highest BCUT2D eigenvalue weighted by atomic mass is 32.1. The second-order valence-electron chi connectivity index (χ2n) is 2.88. The van der Waals surface area contributed by atoms with Crippen molar-refractivity contribution in [2.75, 3.05) is 19.5 Å². The van der Waals surface area contributed by atoms with Crippen LogP contribution < -0.4 is 15.4 Å². The lowest BCUT2D eigenvalue weighted by Gasteiger charge is -2.10. The smallest absolute Gasteiger partial charge is 0.170 e. The average molecular weight is 210 g/mol. The molecule has 0 unspecified atom stereocenters. The number of methoxy groups -OCH3 is 1. The Morgan fingerprint density at radius 3 is 2.64 bits per heavy atom. The number of anilines is 1. The third-order valence-electron chi connectivity index (χ3n) is 1.91. The van der Waals surface area contributed by atoms with Gasteiger partial charge in [0.05, 0.1) is 7.11 Å². The minimum Gasteiger partial charge on any atom is -0.497 e. The predicted molar refractivity (Wildman–Crippen MR) is 63.0 cm³/mol. The topological polar surface area (TPSA) is 33.3 Å². The first kappa shape index (κ1) is 10.8. The molecule has 0 atom stereocenters. The van der Waals surface area contributed by atoms with Crippen molar-refractivity contribution in [1.29, 1.82) is 0 Å². The number of ether oxygens (including phenoxy) is 1. The zero-order valence-corrected chi connectivity index (χ0v) is 9.37. The maximum Gasteiger partial charge on any atom is 0.170 e. The van der Waals surface area contributed by atoms with Crippen LogP contribution >= 0.6 is 12.2 Å².